The maximum atomic E-state index is 13.6. The first-order valence-corrected chi connectivity index (χ1v) is 7.97. The quantitative estimate of drug-likeness (QED) is 0.627. The van der Waals surface area contributed by atoms with E-state index in [2.05, 4.69) is 21.2 Å². The Morgan fingerprint density at radius 2 is 2.10 bits per heavy atom. The van der Waals surface area contributed by atoms with Gasteiger partial charge in [0, 0.05) is 20.7 Å². The number of benzene rings is 2. The minimum absolute atomic E-state index is 0.135. The van der Waals surface area contributed by atoms with Crippen LogP contribution in [-0.2, 0) is 4.79 Å². The topological polar surface area (TPSA) is 55.1 Å². The zero-order chi connectivity index (χ0) is 15.4. The predicted octanol–water partition coefficient (Wildman–Crippen LogP) is 4.21. The number of halogens is 2. The monoisotopic (exact) mass is 368 g/mol. The Morgan fingerprint density at radius 1 is 1.33 bits per heavy atom. The second-order valence-electron chi connectivity index (χ2n) is 4.49. The average Bonchev–Trinajstić information content (AvgIpc) is 2.42. The number of thioether (sulfide) groups is 1. The number of nitrogens with two attached hydrogens (primary N) is 1. The second kappa shape index (κ2) is 6.95. The van der Waals surface area contributed by atoms with Crippen molar-refractivity contribution in [3.05, 3.63) is 52.3 Å². The number of amides is 1. The molecular formula is C15H14BrFN2OS. The van der Waals surface area contributed by atoms with Crippen molar-refractivity contribution in [2.45, 2.75) is 11.8 Å². The molecule has 0 saturated heterocycles. The van der Waals surface area contributed by atoms with Crippen LogP contribution < -0.4 is 11.1 Å². The molecule has 0 aliphatic rings. The van der Waals surface area contributed by atoms with Gasteiger partial charge in [-0.1, -0.05) is 15.9 Å². The van der Waals surface area contributed by atoms with Crippen molar-refractivity contribution < 1.29 is 9.18 Å². The van der Waals surface area contributed by atoms with Crippen LogP contribution in [0.25, 0.3) is 0 Å². The van der Waals surface area contributed by atoms with Gasteiger partial charge in [-0.2, -0.15) is 0 Å². The lowest BCUT2D eigenvalue weighted by Crippen LogP contribution is -2.14. The summed E-state index contributed by atoms with van der Waals surface area (Å²) in [6.07, 6.45) is 0. The Labute approximate surface area is 135 Å². The van der Waals surface area contributed by atoms with E-state index in [0.29, 0.717) is 10.6 Å². The number of nitrogens with one attached hydrogen (secondary N) is 1. The van der Waals surface area contributed by atoms with Crippen LogP contribution in [0.1, 0.15) is 5.56 Å². The highest BCUT2D eigenvalue weighted by atomic mass is 79.9. The Morgan fingerprint density at radius 3 is 2.76 bits per heavy atom. The molecule has 3 nitrogen and oxygen atoms in total. The van der Waals surface area contributed by atoms with Crippen LogP contribution in [0.4, 0.5) is 15.8 Å². The van der Waals surface area contributed by atoms with Crippen molar-refractivity contribution in [3.63, 3.8) is 0 Å². The van der Waals surface area contributed by atoms with Gasteiger partial charge in [-0.3, -0.25) is 4.79 Å². The molecule has 0 bridgehead atoms. The lowest BCUT2D eigenvalue weighted by atomic mass is 10.2. The molecule has 1 amide bonds. The van der Waals surface area contributed by atoms with E-state index in [-0.39, 0.29) is 11.7 Å². The van der Waals surface area contributed by atoms with Gasteiger partial charge < -0.3 is 11.1 Å². The van der Waals surface area contributed by atoms with Gasteiger partial charge >= 0.3 is 0 Å². The van der Waals surface area contributed by atoms with Crippen LogP contribution in [0.2, 0.25) is 0 Å². The summed E-state index contributed by atoms with van der Waals surface area (Å²) in [6, 6.07) is 9.99. The van der Waals surface area contributed by atoms with Gasteiger partial charge in [0.05, 0.1) is 5.75 Å². The SMILES string of the molecule is Cc1cc(NC(=O)CSc2ccc(N)cc2F)ccc1Br. The molecule has 0 atom stereocenters. The first-order valence-electron chi connectivity index (χ1n) is 6.19. The fraction of sp³-hybridized carbons (Fsp3) is 0.133. The molecule has 0 aliphatic heterocycles. The normalized spacial score (nSPS) is 10.4. The molecule has 0 unspecified atom stereocenters. The summed E-state index contributed by atoms with van der Waals surface area (Å²) < 4.78 is 14.6. The summed E-state index contributed by atoms with van der Waals surface area (Å²) in [4.78, 5) is 12.3. The highest BCUT2D eigenvalue weighted by Crippen LogP contribution is 2.24. The molecule has 6 heteroatoms. The van der Waals surface area contributed by atoms with Crippen molar-refractivity contribution >= 4 is 45.0 Å². The third kappa shape index (κ3) is 4.47. The fourth-order valence-corrected chi connectivity index (χ4v) is 2.66. The number of hydrogen-bond donors (Lipinski definition) is 2. The average molecular weight is 369 g/mol. The molecule has 21 heavy (non-hydrogen) atoms. The van der Waals surface area contributed by atoms with Crippen LogP contribution in [0.3, 0.4) is 0 Å². The molecule has 2 rings (SSSR count). The number of hydrogen-bond acceptors (Lipinski definition) is 3. The van der Waals surface area contributed by atoms with E-state index in [0.717, 1.165) is 27.5 Å². The fourth-order valence-electron chi connectivity index (χ4n) is 1.70. The van der Waals surface area contributed by atoms with Crippen molar-refractivity contribution in [2.75, 3.05) is 16.8 Å². The highest BCUT2D eigenvalue weighted by Gasteiger charge is 2.08. The number of carbonyl (C=O) groups is 1. The second-order valence-corrected chi connectivity index (χ2v) is 6.36. The summed E-state index contributed by atoms with van der Waals surface area (Å²) in [7, 11) is 0. The van der Waals surface area contributed by atoms with Gasteiger partial charge in [0.15, 0.2) is 0 Å². The van der Waals surface area contributed by atoms with E-state index in [1.165, 1.54) is 6.07 Å². The van der Waals surface area contributed by atoms with Gasteiger partial charge in [-0.15, -0.1) is 11.8 Å². The van der Waals surface area contributed by atoms with Crippen LogP contribution in [0.15, 0.2) is 45.8 Å². The Balaban J connectivity index is 1.94. The van der Waals surface area contributed by atoms with E-state index in [1.54, 1.807) is 12.1 Å². The molecule has 0 aliphatic carbocycles. The first kappa shape index (κ1) is 15.9. The van der Waals surface area contributed by atoms with Gasteiger partial charge in [0.2, 0.25) is 5.91 Å². The lowest BCUT2D eigenvalue weighted by Gasteiger charge is -2.07. The molecule has 0 spiro atoms. The largest absolute Gasteiger partial charge is 0.399 e. The van der Waals surface area contributed by atoms with Crippen molar-refractivity contribution in [1.29, 1.82) is 0 Å². The summed E-state index contributed by atoms with van der Waals surface area (Å²) in [6.45, 7) is 1.94. The molecule has 110 valence electrons. The van der Waals surface area contributed by atoms with E-state index in [1.807, 2.05) is 25.1 Å². The van der Waals surface area contributed by atoms with E-state index in [9.17, 15) is 9.18 Å². The number of anilines is 2. The van der Waals surface area contributed by atoms with Crippen LogP contribution in [-0.4, -0.2) is 11.7 Å². The molecule has 0 saturated carbocycles. The maximum absolute atomic E-state index is 13.6. The number of rotatable bonds is 4. The van der Waals surface area contributed by atoms with Crippen LogP contribution >= 0.6 is 27.7 Å². The van der Waals surface area contributed by atoms with E-state index < -0.39 is 5.82 Å². The molecular weight excluding hydrogens is 355 g/mol. The number of nitrogen functional groups attached to an aromatic ring is 1. The van der Waals surface area contributed by atoms with E-state index in [4.69, 9.17) is 5.73 Å². The molecule has 0 radical (unpaired) electrons. The van der Waals surface area contributed by atoms with Crippen molar-refractivity contribution in [1.82, 2.24) is 0 Å². The van der Waals surface area contributed by atoms with E-state index >= 15 is 0 Å². The van der Waals surface area contributed by atoms with Crippen molar-refractivity contribution in [3.8, 4) is 0 Å². The Bertz CT molecular complexity index is 679. The predicted molar refractivity (Wildman–Crippen MR) is 89.0 cm³/mol. The van der Waals surface area contributed by atoms with Crippen molar-refractivity contribution in [2.24, 2.45) is 0 Å². The zero-order valence-electron chi connectivity index (χ0n) is 11.3. The van der Waals surface area contributed by atoms with Crippen LogP contribution in [0, 0.1) is 12.7 Å². The summed E-state index contributed by atoms with van der Waals surface area (Å²) >= 11 is 4.54. The smallest absolute Gasteiger partial charge is 0.234 e. The minimum atomic E-state index is -0.410. The molecule has 2 aromatic rings. The minimum Gasteiger partial charge on any atom is -0.399 e. The maximum Gasteiger partial charge on any atom is 0.234 e. The highest BCUT2D eigenvalue weighted by molar-refractivity contribution is 9.10. The molecule has 0 fully saturated rings. The Kier molecular flexibility index (Phi) is 5.25. The molecule has 0 heterocycles. The van der Waals surface area contributed by atoms with Gasteiger partial charge in [0.25, 0.3) is 0 Å². The summed E-state index contributed by atoms with van der Waals surface area (Å²) in [5.74, 6) is -0.458. The summed E-state index contributed by atoms with van der Waals surface area (Å²) in [5.41, 5.74) is 7.60. The zero-order valence-corrected chi connectivity index (χ0v) is 13.7. The Hall–Kier alpha value is -1.53. The first-order chi connectivity index (χ1) is 9.95. The lowest BCUT2D eigenvalue weighted by molar-refractivity contribution is -0.113. The van der Waals surface area contributed by atoms with Gasteiger partial charge in [-0.25, -0.2) is 4.39 Å². The third-order valence-electron chi connectivity index (χ3n) is 2.76. The molecule has 0 aromatic heterocycles. The molecule has 2 aromatic carbocycles. The van der Waals surface area contributed by atoms with Crippen LogP contribution in [0.5, 0.6) is 0 Å². The molecule has 3 N–H and O–H groups in total. The third-order valence-corrected chi connectivity index (χ3v) is 4.69. The van der Waals surface area contributed by atoms with Gasteiger partial charge in [-0.05, 0) is 48.9 Å². The summed E-state index contributed by atoms with van der Waals surface area (Å²) in [5, 5.41) is 2.78. The van der Waals surface area contributed by atoms with Gasteiger partial charge in [0.1, 0.15) is 5.82 Å². The number of carbonyl (C=O) groups excluding carboxylic acids is 1. The standard InChI is InChI=1S/C15H14BrFN2OS/c1-9-6-11(3-4-12(9)16)19-15(20)8-21-14-5-2-10(18)7-13(14)17/h2-7H,8,18H2,1H3,(H,19,20). The number of aryl methyl sites for hydroxylation is 1.